The largest absolute Gasteiger partial charge is 0.366 e. The number of primary amides is 1. The number of nitrogens with two attached hydrogens (primary N) is 1. The van der Waals surface area contributed by atoms with Gasteiger partial charge in [-0.15, -0.1) is 11.8 Å². The normalized spacial score (nSPS) is 10.5. The minimum atomic E-state index is -0.524. The van der Waals surface area contributed by atoms with Crippen molar-refractivity contribution in [2.75, 3.05) is 11.1 Å². The zero-order valence-corrected chi connectivity index (χ0v) is 13.2. The molecule has 7 heteroatoms. The van der Waals surface area contributed by atoms with Crippen molar-refractivity contribution in [3.05, 3.63) is 46.8 Å². The molecular weight excluding hydrogens is 302 g/mol. The molecule has 0 spiro atoms. The fraction of sp³-hybridized carbons (Fsp3) is 0.267. The van der Waals surface area contributed by atoms with Crippen LogP contribution in [-0.2, 0) is 10.5 Å². The molecular formula is C15H17N3O3S. The van der Waals surface area contributed by atoms with Crippen LogP contribution in [0.5, 0.6) is 0 Å². The third kappa shape index (κ3) is 4.11. The van der Waals surface area contributed by atoms with Crippen molar-refractivity contribution in [2.24, 2.45) is 5.73 Å². The van der Waals surface area contributed by atoms with Gasteiger partial charge in [0.25, 0.3) is 0 Å². The number of anilines is 1. The molecule has 0 aliphatic heterocycles. The summed E-state index contributed by atoms with van der Waals surface area (Å²) in [4.78, 5) is 23.0. The Labute approximate surface area is 132 Å². The number of aryl methyl sites for hydroxylation is 2. The Kier molecular flexibility index (Phi) is 5.21. The van der Waals surface area contributed by atoms with E-state index in [9.17, 15) is 9.59 Å². The first-order chi connectivity index (χ1) is 10.5. The molecule has 0 bridgehead atoms. The van der Waals surface area contributed by atoms with Crippen LogP contribution in [0.15, 0.2) is 28.8 Å². The van der Waals surface area contributed by atoms with Crippen LogP contribution < -0.4 is 11.1 Å². The van der Waals surface area contributed by atoms with Crippen molar-refractivity contribution in [1.29, 1.82) is 0 Å². The maximum atomic E-state index is 11.9. The van der Waals surface area contributed by atoms with Gasteiger partial charge in [0, 0.05) is 22.6 Å². The topological polar surface area (TPSA) is 98.2 Å². The Hall–Kier alpha value is -2.28. The number of hydrogen-bond donors (Lipinski definition) is 2. The molecule has 0 fully saturated rings. The van der Waals surface area contributed by atoms with E-state index in [-0.39, 0.29) is 5.91 Å². The molecule has 0 aliphatic rings. The average molecular weight is 319 g/mol. The molecule has 0 saturated carbocycles. The molecule has 22 heavy (non-hydrogen) atoms. The van der Waals surface area contributed by atoms with E-state index in [0.29, 0.717) is 22.8 Å². The summed E-state index contributed by atoms with van der Waals surface area (Å²) >= 11 is 1.47. The summed E-state index contributed by atoms with van der Waals surface area (Å²) in [6.07, 6.45) is 0. The summed E-state index contributed by atoms with van der Waals surface area (Å²) in [5.74, 6) is 1.07. The van der Waals surface area contributed by atoms with Crippen molar-refractivity contribution in [1.82, 2.24) is 5.16 Å². The molecule has 1 heterocycles. The standard InChI is InChI=1S/C15H17N3O3S/c1-9-13(10(2)21-18-9)7-22-8-14(19)17-12-5-3-4-11(6-12)15(16)20/h3-6H,7-8H2,1-2H3,(H2,16,20)(H,17,19). The fourth-order valence-corrected chi connectivity index (χ4v) is 2.88. The lowest BCUT2D eigenvalue weighted by Crippen LogP contribution is -2.16. The van der Waals surface area contributed by atoms with Crippen molar-refractivity contribution in [3.63, 3.8) is 0 Å². The van der Waals surface area contributed by atoms with E-state index in [1.165, 1.54) is 11.8 Å². The van der Waals surface area contributed by atoms with Crippen LogP contribution >= 0.6 is 11.8 Å². The number of rotatable bonds is 6. The average Bonchev–Trinajstić information content (AvgIpc) is 2.79. The number of nitrogens with one attached hydrogen (secondary N) is 1. The maximum absolute atomic E-state index is 11.9. The molecule has 0 saturated heterocycles. The molecule has 0 unspecified atom stereocenters. The van der Waals surface area contributed by atoms with Gasteiger partial charge in [-0.05, 0) is 32.0 Å². The van der Waals surface area contributed by atoms with Gasteiger partial charge < -0.3 is 15.6 Å². The molecule has 2 rings (SSSR count). The van der Waals surface area contributed by atoms with Crippen LogP contribution in [-0.4, -0.2) is 22.7 Å². The first-order valence-corrected chi connectivity index (χ1v) is 7.82. The third-order valence-corrected chi connectivity index (χ3v) is 4.05. The molecule has 1 aromatic carbocycles. The molecule has 2 amide bonds. The maximum Gasteiger partial charge on any atom is 0.248 e. The number of thioether (sulfide) groups is 1. The quantitative estimate of drug-likeness (QED) is 0.851. The second-order valence-corrected chi connectivity index (χ2v) is 5.77. The van der Waals surface area contributed by atoms with E-state index < -0.39 is 5.91 Å². The first-order valence-electron chi connectivity index (χ1n) is 6.66. The van der Waals surface area contributed by atoms with Gasteiger partial charge in [-0.1, -0.05) is 11.2 Å². The van der Waals surface area contributed by atoms with Gasteiger partial charge in [0.1, 0.15) is 5.76 Å². The summed E-state index contributed by atoms with van der Waals surface area (Å²) in [5, 5.41) is 6.62. The smallest absolute Gasteiger partial charge is 0.248 e. The highest BCUT2D eigenvalue weighted by molar-refractivity contribution is 7.99. The minimum Gasteiger partial charge on any atom is -0.366 e. The number of carbonyl (C=O) groups excluding carboxylic acids is 2. The van der Waals surface area contributed by atoms with Crippen LogP contribution in [0.1, 0.15) is 27.4 Å². The molecule has 0 atom stereocenters. The number of amides is 2. The van der Waals surface area contributed by atoms with Crippen molar-refractivity contribution >= 4 is 29.3 Å². The second kappa shape index (κ2) is 7.13. The van der Waals surface area contributed by atoms with E-state index in [4.69, 9.17) is 10.3 Å². The Morgan fingerprint density at radius 3 is 2.77 bits per heavy atom. The van der Waals surface area contributed by atoms with Gasteiger partial charge in [0.15, 0.2) is 0 Å². The molecule has 116 valence electrons. The molecule has 0 radical (unpaired) electrons. The molecule has 3 N–H and O–H groups in total. The van der Waals surface area contributed by atoms with Crippen LogP contribution in [0, 0.1) is 13.8 Å². The first kappa shape index (κ1) is 16.1. The monoisotopic (exact) mass is 319 g/mol. The van der Waals surface area contributed by atoms with Crippen LogP contribution in [0.3, 0.4) is 0 Å². The minimum absolute atomic E-state index is 0.140. The number of carbonyl (C=O) groups is 2. The summed E-state index contributed by atoms with van der Waals surface area (Å²) in [6, 6.07) is 6.54. The van der Waals surface area contributed by atoms with E-state index in [1.807, 2.05) is 13.8 Å². The highest BCUT2D eigenvalue weighted by Crippen LogP contribution is 2.19. The van der Waals surface area contributed by atoms with E-state index in [2.05, 4.69) is 10.5 Å². The second-order valence-electron chi connectivity index (χ2n) is 4.79. The van der Waals surface area contributed by atoms with Crippen LogP contribution in [0.25, 0.3) is 0 Å². The van der Waals surface area contributed by atoms with Crippen LogP contribution in [0.4, 0.5) is 5.69 Å². The van der Waals surface area contributed by atoms with E-state index in [0.717, 1.165) is 17.0 Å². The Morgan fingerprint density at radius 2 is 2.14 bits per heavy atom. The van der Waals surface area contributed by atoms with Crippen LogP contribution in [0.2, 0.25) is 0 Å². The van der Waals surface area contributed by atoms with Gasteiger partial charge >= 0.3 is 0 Å². The molecule has 2 aromatic rings. The number of aromatic nitrogens is 1. The lowest BCUT2D eigenvalue weighted by atomic mass is 10.2. The number of nitrogens with zero attached hydrogens (tertiary/aromatic N) is 1. The predicted molar refractivity (Wildman–Crippen MR) is 85.7 cm³/mol. The summed E-state index contributed by atoms with van der Waals surface area (Å²) in [7, 11) is 0. The Balaban J connectivity index is 1.86. The Bertz CT molecular complexity index is 678. The zero-order chi connectivity index (χ0) is 16.1. The summed E-state index contributed by atoms with van der Waals surface area (Å²) in [5.41, 5.74) is 7.99. The van der Waals surface area contributed by atoms with Gasteiger partial charge in [-0.3, -0.25) is 9.59 Å². The highest BCUT2D eigenvalue weighted by atomic mass is 32.2. The SMILES string of the molecule is Cc1noc(C)c1CSCC(=O)Nc1cccc(C(N)=O)c1. The zero-order valence-electron chi connectivity index (χ0n) is 12.4. The van der Waals surface area contributed by atoms with Gasteiger partial charge in [0.2, 0.25) is 11.8 Å². The summed E-state index contributed by atoms with van der Waals surface area (Å²) in [6.45, 7) is 3.73. The van der Waals surface area contributed by atoms with Crippen molar-refractivity contribution in [3.8, 4) is 0 Å². The van der Waals surface area contributed by atoms with Gasteiger partial charge in [-0.2, -0.15) is 0 Å². The fourth-order valence-electron chi connectivity index (χ4n) is 1.90. The number of benzene rings is 1. The molecule has 6 nitrogen and oxygen atoms in total. The van der Waals surface area contributed by atoms with Crippen molar-refractivity contribution < 1.29 is 14.1 Å². The van der Waals surface area contributed by atoms with Crippen molar-refractivity contribution in [2.45, 2.75) is 19.6 Å². The van der Waals surface area contributed by atoms with Gasteiger partial charge in [0.05, 0.1) is 11.4 Å². The van der Waals surface area contributed by atoms with E-state index >= 15 is 0 Å². The molecule has 1 aromatic heterocycles. The van der Waals surface area contributed by atoms with E-state index in [1.54, 1.807) is 24.3 Å². The van der Waals surface area contributed by atoms with Gasteiger partial charge in [-0.25, -0.2) is 0 Å². The highest BCUT2D eigenvalue weighted by Gasteiger charge is 2.10. The lowest BCUT2D eigenvalue weighted by molar-refractivity contribution is -0.113. The lowest BCUT2D eigenvalue weighted by Gasteiger charge is -2.06. The summed E-state index contributed by atoms with van der Waals surface area (Å²) < 4.78 is 5.08. The third-order valence-electron chi connectivity index (χ3n) is 3.09. The molecule has 0 aliphatic carbocycles. The number of hydrogen-bond acceptors (Lipinski definition) is 5. The Morgan fingerprint density at radius 1 is 1.36 bits per heavy atom. The predicted octanol–water partition coefficient (Wildman–Crippen LogP) is 2.26.